The van der Waals surface area contributed by atoms with Gasteiger partial charge in [0.25, 0.3) is 0 Å². The molecule has 3 rings (SSSR count). The van der Waals surface area contributed by atoms with Gasteiger partial charge in [-0.3, -0.25) is 0 Å². The molecule has 3 N–H and O–H groups in total. The highest BCUT2D eigenvalue weighted by Crippen LogP contribution is 2.32. The van der Waals surface area contributed by atoms with E-state index < -0.39 is 0 Å². The molecule has 0 saturated carbocycles. The molecule has 3 nitrogen and oxygen atoms in total. The molecule has 1 aromatic carbocycles. The summed E-state index contributed by atoms with van der Waals surface area (Å²) >= 11 is 0. The van der Waals surface area contributed by atoms with Gasteiger partial charge in [0.1, 0.15) is 0 Å². The summed E-state index contributed by atoms with van der Waals surface area (Å²) in [5.74, 6) is 1.11. The Bertz CT molecular complexity index is 403. The van der Waals surface area contributed by atoms with Gasteiger partial charge in [-0.05, 0) is 0 Å². The summed E-state index contributed by atoms with van der Waals surface area (Å²) in [5.41, 5.74) is 2.47. The van der Waals surface area contributed by atoms with Crippen molar-refractivity contribution in [2.75, 3.05) is 0 Å². The lowest BCUT2D eigenvalue weighted by Crippen LogP contribution is -1.89. The molecule has 3 heteroatoms. The topological polar surface area (TPSA) is 52.8 Å². The maximum absolute atomic E-state index is 4.08. The van der Waals surface area contributed by atoms with Crippen molar-refractivity contribution in [3.63, 3.8) is 0 Å². The number of hydrogen-bond donors (Lipinski definition) is 1. The van der Waals surface area contributed by atoms with Crippen molar-refractivity contribution in [1.29, 1.82) is 0 Å². The zero-order valence-corrected chi connectivity index (χ0v) is 6.57. The van der Waals surface area contributed by atoms with Crippen LogP contribution in [0.5, 0.6) is 0 Å². The average Bonchev–Trinajstić information content (AvgIpc) is 2.64. The number of aromatic nitrogens is 2. The second-order valence-corrected chi connectivity index (χ2v) is 2.67. The quantitative estimate of drug-likeness (QED) is 0.590. The van der Waals surface area contributed by atoms with Crippen LogP contribution in [0.3, 0.4) is 0 Å². The van der Waals surface area contributed by atoms with E-state index in [-0.39, 0.29) is 6.15 Å². The van der Waals surface area contributed by atoms with Crippen molar-refractivity contribution in [1.82, 2.24) is 15.9 Å². The lowest BCUT2D eigenvalue weighted by molar-refractivity contribution is 1.12. The van der Waals surface area contributed by atoms with Crippen molar-refractivity contribution in [3.8, 4) is 17.1 Å². The van der Waals surface area contributed by atoms with Crippen LogP contribution in [0.4, 0.5) is 0 Å². The van der Waals surface area contributed by atoms with E-state index in [1.807, 2.05) is 22.9 Å². The van der Waals surface area contributed by atoms with Gasteiger partial charge in [-0.25, -0.2) is 4.68 Å². The molecule has 2 aliphatic rings. The minimum atomic E-state index is 0. The van der Waals surface area contributed by atoms with E-state index in [1.54, 1.807) is 0 Å². The molecule has 0 spiro atoms. The highest BCUT2D eigenvalue weighted by atomic mass is 15.5. The Morgan fingerprint density at radius 3 is 2.33 bits per heavy atom. The molecule has 1 aromatic rings. The Balaban J connectivity index is 0.000000563. The fourth-order valence-corrected chi connectivity index (χ4v) is 1.28. The van der Waals surface area contributed by atoms with E-state index in [4.69, 9.17) is 0 Å². The Hall–Kier alpha value is -1.61. The van der Waals surface area contributed by atoms with Crippen molar-refractivity contribution in [2.24, 2.45) is 0 Å². The van der Waals surface area contributed by atoms with Gasteiger partial charge in [0.15, 0.2) is 5.82 Å². The van der Waals surface area contributed by atoms with Crippen LogP contribution >= 0.6 is 0 Å². The molecule has 60 valence electrons. The van der Waals surface area contributed by atoms with E-state index in [0.717, 1.165) is 5.82 Å². The second-order valence-electron chi connectivity index (χ2n) is 2.67. The van der Waals surface area contributed by atoms with E-state index >= 15 is 0 Å². The summed E-state index contributed by atoms with van der Waals surface area (Å²) in [6.07, 6.45) is 0. The maximum Gasteiger partial charge on any atom is 0.176 e. The van der Waals surface area contributed by atoms with Gasteiger partial charge in [0.05, 0.1) is 5.69 Å². The Kier molecular flexibility index (Phi) is 1.29. The van der Waals surface area contributed by atoms with Crippen LogP contribution in [0.25, 0.3) is 17.1 Å². The first-order valence-electron chi connectivity index (χ1n) is 3.61. The smallest absolute Gasteiger partial charge is 0.176 e. The number of fused-ring (bicyclic) bond motifs is 1. The summed E-state index contributed by atoms with van der Waals surface area (Å²) in [4.78, 5) is 0. The number of benzene rings is 1. The second kappa shape index (κ2) is 2.19. The highest BCUT2D eigenvalue weighted by Gasteiger charge is 2.23. The minimum Gasteiger partial charge on any atom is -0.344 e. The summed E-state index contributed by atoms with van der Waals surface area (Å²) in [6.45, 7) is 0. The molecule has 0 amide bonds. The van der Waals surface area contributed by atoms with Gasteiger partial charge in [0.2, 0.25) is 0 Å². The third-order valence-electron chi connectivity index (χ3n) is 1.94. The lowest BCUT2D eigenvalue weighted by atomic mass is 10.1. The first-order valence-corrected chi connectivity index (χ1v) is 3.61. The molecule has 0 aliphatic carbocycles. The zero-order chi connectivity index (χ0) is 7.26. The van der Waals surface area contributed by atoms with Crippen LogP contribution in [0.15, 0.2) is 36.4 Å². The monoisotopic (exact) mass is 159 g/mol. The molecule has 0 unspecified atom stereocenters. The summed E-state index contributed by atoms with van der Waals surface area (Å²) in [7, 11) is 0. The van der Waals surface area contributed by atoms with Gasteiger partial charge in [-0.1, -0.05) is 30.3 Å². The lowest BCUT2D eigenvalue weighted by Gasteiger charge is -2.02. The molecule has 0 fully saturated rings. The molecule has 0 atom stereocenters. The van der Waals surface area contributed by atoms with Crippen LogP contribution < -0.4 is 6.15 Å². The van der Waals surface area contributed by atoms with Crippen molar-refractivity contribution in [3.05, 3.63) is 36.4 Å². The average molecular weight is 159 g/mol. The van der Waals surface area contributed by atoms with E-state index in [1.165, 1.54) is 11.3 Å². The third kappa shape index (κ3) is 0.770. The van der Waals surface area contributed by atoms with Crippen LogP contribution in [0, 0.1) is 0 Å². The fraction of sp³-hybridized carbons (Fsp3) is 0. The van der Waals surface area contributed by atoms with Gasteiger partial charge in [-0.15, -0.1) is 5.10 Å². The molecule has 0 radical (unpaired) electrons. The molecule has 2 aliphatic heterocycles. The molecule has 0 saturated heterocycles. The molecule has 12 heavy (non-hydrogen) atoms. The molecular formula is C9H9N3. The Morgan fingerprint density at radius 1 is 1.08 bits per heavy atom. The van der Waals surface area contributed by atoms with E-state index in [0.29, 0.717) is 0 Å². The van der Waals surface area contributed by atoms with Crippen LogP contribution in [0.1, 0.15) is 0 Å². The normalized spacial score (nSPS) is 10.7. The largest absolute Gasteiger partial charge is 0.344 e. The van der Waals surface area contributed by atoms with Crippen molar-refractivity contribution in [2.45, 2.75) is 0 Å². The van der Waals surface area contributed by atoms with Crippen LogP contribution in [-0.2, 0) is 0 Å². The summed E-state index contributed by atoms with van der Waals surface area (Å²) in [5, 5.41) is 4.08. The standard InChI is InChI=1S/C9H6N2.H3N/c1-2-4-7(5-3-1)8-6-9-10-11(8)9;/h1-6H;1H3. The first-order chi connectivity index (χ1) is 5.45. The predicted octanol–water partition coefficient (Wildman–Crippen LogP) is 2.01. The Morgan fingerprint density at radius 2 is 1.83 bits per heavy atom. The molecule has 0 aromatic heterocycles. The Labute approximate surface area is 70.2 Å². The van der Waals surface area contributed by atoms with Gasteiger partial charge in [0, 0.05) is 11.6 Å². The van der Waals surface area contributed by atoms with Crippen molar-refractivity contribution >= 4 is 0 Å². The van der Waals surface area contributed by atoms with Gasteiger partial charge >= 0.3 is 0 Å². The molecule has 0 bridgehead atoms. The maximum atomic E-state index is 4.08. The van der Waals surface area contributed by atoms with Crippen LogP contribution in [-0.4, -0.2) is 9.78 Å². The highest BCUT2D eigenvalue weighted by molar-refractivity contribution is 5.69. The summed E-state index contributed by atoms with van der Waals surface area (Å²) in [6, 6.07) is 12.4. The SMILES string of the molecule is N.c1ccc(-c2cc3nn2-3)cc1. The zero-order valence-electron chi connectivity index (χ0n) is 6.57. The van der Waals surface area contributed by atoms with Crippen LogP contribution in [0.2, 0.25) is 0 Å². The number of hydrogen-bond acceptors (Lipinski definition) is 2. The van der Waals surface area contributed by atoms with E-state index in [9.17, 15) is 0 Å². The van der Waals surface area contributed by atoms with Crippen molar-refractivity contribution < 1.29 is 0 Å². The van der Waals surface area contributed by atoms with Gasteiger partial charge in [-0.2, -0.15) is 0 Å². The third-order valence-corrected chi connectivity index (χ3v) is 1.94. The fourth-order valence-electron chi connectivity index (χ4n) is 1.28. The summed E-state index contributed by atoms with van der Waals surface area (Å²) < 4.78 is 1.95. The predicted molar refractivity (Wildman–Crippen MR) is 47.6 cm³/mol. The molecule has 2 heterocycles. The molecular weight excluding hydrogens is 150 g/mol. The minimum absolute atomic E-state index is 0. The van der Waals surface area contributed by atoms with Gasteiger partial charge < -0.3 is 6.15 Å². The number of nitrogens with zero attached hydrogens (tertiary/aromatic N) is 2. The number of rotatable bonds is 1. The van der Waals surface area contributed by atoms with E-state index in [2.05, 4.69) is 23.3 Å². The first kappa shape index (κ1) is 7.06.